The van der Waals surface area contributed by atoms with Gasteiger partial charge in [0.05, 0.1) is 0 Å². The molecule has 16 heteroatoms. The SMILES string of the molecule is O=C1CCc2cccc([O-])c21.[O-]c1c2ccccc2cc2ccccc12.[O-]c1cc2ccccc2c2ccccc12.[O-]c1ccc(Br)c2ccccc12.[O-]c1ccc2c3c(cccc13)CC=C2.[O-]c1cccc2[nH]ccc12.[O-]c1cccc2c(Br)cccc12.[O-]c1cccc2c1CCCC2.[O-]c1cccc2cc3ccccc3cc12.[O-]c1cccc2cccc(O)c12.[O-]c1cccc2ccccc12. The molecule has 0 aliphatic heterocycles. The lowest BCUT2D eigenvalue weighted by Crippen LogP contribution is -2.06. The number of nitrogens with one attached hydrogen (secondary N) is 1. The number of carbonyl (C=O) groups is 1. The van der Waals surface area contributed by atoms with E-state index in [-0.39, 0.29) is 74.8 Å². The number of halogens is 2. The summed E-state index contributed by atoms with van der Waals surface area (Å²) in [5.41, 5.74) is 7.03. The molecule has 14 nitrogen and oxygen atoms in total. The molecule has 682 valence electrons. The highest BCUT2D eigenvalue weighted by atomic mass is 79.9. The summed E-state index contributed by atoms with van der Waals surface area (Å²) < 4.78 is 1.94. The van der Waals surface area contributed by atoms with E-state index in [1.54, 1.807) is 121 Å². The third-order valence-electron chi connectivity index (χ3n) is 24.1. The number of Topliss-reactive ketones (excluding diaryl/α,β-unsaturated/α-hetero) is 1. The van der Waals surface area contributed by atoms with Gasteiger partial charge in [0.15, 0.2) is 5.78 Å². The van der Waals surface area contributed by atoms with Crippen LogP contribution in [0.2, 0.25) is 0 Å². The maximum atomic E-state index is 12.1. The number of aromatic amines is 1. The molecule has 0 spiro atoms. The summed E-state index contributed by atoms with van der Waals surface area (Å²) in [5, 5.41) is 156. The van der Waals surface area contributed by atoms with Crippen molar-refractivity contribution in [2.75, 3.05) is 0 Å². The van der Waals surface area contributed by atoms with Crippen molar-refractivity contribution in [1.29, 1.82) is 0 Å². The number of fused-ring (bicyclic) bond motifs is 14. The van der Waals surface area contributed by atoms with Crippen LogP contribution >= 0.6 is 31.9 Å². The number of hydrogen-bond donors (Lipinski definition) is 2. The number of aryl methyl sites for hydroxylation is 2. The summed E-state index contributed by atoms with van der Waals surface area (Å²) in [6.07, 6.45) is 12.7. The Labute approximate surface area is 813 Å². The number of benzene rings is 22. The van der Waals surface area contributed by atoms with Gasteiger partial charge in [-0.15, -0.1) is 40.2 Å². The van der Waals surface area contributed by atoms with E-state index in [1.165, 1.54) is 53.1 Å². The molecule has 0 atom stereocenters. The Kier molecular flexibility index (Phi) is 30.4. The van der Waals surface area contributed by atoms with Crippen molar-refractivity contribution in [1.82, 2.24) is 4.98 Å². The molecule has 0 amide bonds. The summed E-state index contributed by atoms with van der Waals surface area (Å²) in [6.45, 7) is 0. The monoisotopic (exact) mass is 1930 g/mol. The predicted octanol–water partition coefficient (Wildman–Crippen LogP) is 24.3. The number of carbonyl (C=O) groups excluding carboxylic acids is 1. The van der Waals surface area contributed by atoms with Crippen LogP contribution in [0.1, 0.15) is 57.4 Å². The lowest BCUT2D eigenvalue weighted by Gasteiger charge is -2.21. The van der Waals surface area contributed by atoms with E-state index >= 15 is 0 Å². The molecule has 22 aromatic carbocycles. The van der Waals surface area contributed by atoms with Crippen LogP contribution in [0.5, 0.6) is 69.0 Å². The van der Waals surface area contributed by atoms with Gasteiger partial charge in [0.2, 0.25) is 0 Å². The summed E-state index contributed by atoms with van der Waals surface area (Å²) in [4.78, 5) is 14.0. The number of rotatable bonds is 0. The Morgan fingerprint density at radius 2 is 0.667 bits per heavy atom. The Morgan fingerprint density at radius 1 is 0.254 bits per heavy atom. The predicted molar refractivity (Wildman–Crippen MR) is 548 cm³/mol. The van der Waals surface area contributed by atoms with Gasteiger partial charge in [-0.25, -0.2) is 0 Å². The molecule has 1 heterocycles. The van der Waals surface area contributed by atoms with Gasteiger partial charge in [0, 0.05) is 38.0 Å². The third kappa shape index (κ3) is 22.2. The van der Waals surface area contributed by atoms with E-state index in [4.69, 9.17) is 0 Å². The second-order valence-electron chi connectivity index (χ2n) is 32.9. The van der Waals surface area contributed by atoms with Crippen molar-refractivity contribution in [2.45, 2.75) is 44.9 Å². The molecule has 23 aromatic rings. The van der Waals surface area contributed by atoms with Gasteiger partial charge in [-0.1, -0.05) is 430 Å². The second kappa shape index (κ2) is 44.4. The lowest BCUT2D eigenvalue weighted by atomic mass is 9.91. The summed E-state index contributed by atoms with van der Waals surface area (Å²) >= 11 is 6.78. The maximum absolute atomic E-state index is 12.1. The molecule has 0 fully saturated rings. The normalized spacial score (nSPS) is 11.7. The first-order valence-electron chi connectivity index (χ1n) is 44.9. The fourth-order valence-corrected chi connectivity index (χ4v) is 18.3. The highest BCUT2D eigenvalue weighted by Crippen LogP contribution is 2.39. The van der Waals surface area contributed by atoms with Gasteiger partial charge in [-0.2, -0.15) is 0 Å². The Morgan fingerprint density at radius 3 is 1.31 bits per heavy atom. The molecule has 0 radical (unpaired) electrons. The first kappa shape index (κ1) is 94.4. The Hall–Kier alpha value is -16.8. The highest BCUT2D eigenvalue weighted by Gasteiger charge is 2.19. The number of ketones is 1. The topological polar surface area (TPSA) is 307 Å². The number of H-pyrrole nitrogens is 1. The van der Waals surface area contributed by atoms with E-state index in [0.717, 1.165) is 164 Å². The molecule has 138 heavy (non-hydrogen) atoms. The first-order chi connectivity index (χ1) is 67.2. The molecule has 0 saturated heterocycles. The van der Waals surface area contributed by atoms with Crippen LogP contribution in [-0.4, -0.2) is 15.9 Å². The molecule has 1 aromatic heterocycles. The van der Waals surface area contributed by atoms with Gasteiger partial charge in [-0.3, -0.25) is 4.79 Å². The van der Waals surface area contributed by atoms with Crippen LogP contribution in [-0.2, 0) is 25.7 Å². The van der Waals surface area contributed by atoms with E-state index in [9.17, 15) is 66.1 Å². The molecule has 0 saturated carbocycles. The van der Waals surface area contributed by atoms with E-state index < -0.39 is 0 Å². The minimum atomic E-state index is -0.134. The average Bonchev–Trinajstić information content (AvgIpc) is 1.55. The quantitative estimate of drug-likeness (QED) is 0.105. The summed E-state index contributed by atoms with van der Waals surface area (Å²) in [5.74, 6) is 0.832. The molecule has 3 aliphatic rings. The van der Waals surface area contributed by atoms with Gasteiger partial charge in [0.25, 0.3) is 0 Å². The summed E-state index contributed by atoms with van der Waals surface area (Å²) in [6, 6.07) is 124. The van der Waals surface area contributed by atoms with Gasteiger partial charge < -0.3 is 66.3 Å². The van der Waals surface area contributed by atoms with Crippen molar-refractivity contribution in [3.8, 4) is 69.0 Å². The van der Waals surface area contributed by atoms with Crippen LogP contribution < -0.4 is 56.2 Å². The fraction of sp³-hybridized carbons (Fsp3) is 0.0574. The third-order valence-corrected chi connectivity index (χ3v) is 25.5. The smallest absolute Gasteiger partial charge is 0.162 e. The summed E-state index contributed by atoms with van der Waals surface area (Å²) in [7, 11) is 0. The van der Waals surface area contributed by atoms with Gasteiger partial charge in [-0.05, 0) is 228 Å². The zero-order chi connectivity index (χ0) is 96.1. The Bertz CT molecular complexity index is 8130. The van der Waals surface area contributed by atoms with Crippen LogP contribution in [0.25, 0.3) is 135 Å². The average molecular weight is 1930 g/mol. The molecular weight excluding hydrogens is 1850 g/mol. The van der Waals surface area contributed by atoms with Crippen LogP contribution in [0.3, 0.4) is 0 Å². The molecule has 0 unspecified atom stereocenters. The second-order valence-corrected chi connectivity index (χ2v) is 34.6. The number of hydrogen-bond acceptors (Lipinski definition) is 13. The van der Waals surface area contributed by atoms with Crippen molar-refractivity contribution in [2.24, 2.45) is 0 Å². The largest absolute Gasteiger partial charge is 0.872 e. The van der Waals surface area contributed by atoms with Gasteiger partial charge >= 0.3 is 0 Å². The van der Waals surface area contributed by atoms with Crippen molar-refractivity contribution in [3.63, 3.8) is 0 Å². The minimum absolute atomic E-state index is 0.00519. The number of phenols is 1. The number of phenolic OH excluding ortho intramolecular Hbond substituents is 1. The molecular formula is C122H86Br2NO13-11. The molecule has 2 N–H and O–H groups in total. The van der Waals surface area contributed by atoms with Crippen LogP contribution in [0.15, 0.2) is 428 Å². The highest BCUT2D eigenvalue weighted by molar-refractivity contribution is 9.11. The fourth-order valence-electron chi connectivity index (χ4n) is 17.3. The van der Waals surface area contributed by atoms with E-state index in [0.29, 0.717) is 17.4 Å². The maximum Gasteiger partial charge on any atom is 0.162 e. The van der Waals surface area contributed by atoms with Crippen LogP contribution in [0, 0.1) is 0 Å². The van der Waals surface area contributed by atoms with Crippen molar-refractivity contribution < 1.29 is 66.1 Å². The molecule has 0 bridgehead atoms. The zero-order valence-corrected chi connectivity index (χ0v) is 77.6. The molecule has 3 aliphatic carbocycles. The van der Waals surface area contributed by atoms with Gasteiger partial charge in [0.1, 0.15) is 5.75 Å². The number of aromatic nitrogens is 1. The first-order valence-corrected chi connectivity index (χ1v) is 46.5. The standard InChI is InChI=1S/3C14H10O.C13H10O.2C10H7BrO.C10H8O2.C10H12O.C10H8O.C9H8O2.C8H7NO/c15-14-12-7-3-1-5-10(12)9-11-6-2-4-8-13(11)14;15-14-9-10-5-1-2-6-11(10)12-7-3-4-8-13(12)14;15-14-7-3-6-12-8-10-4-1-2-5-11(10)9-13(12)14;14-12-8-7-10-4-1-3-9-5-2-6-11(12)13(9)10;11-9-5-1-4-8-7(9)3-2-6-10(8)12;11-9-5-6-10(12)8-4-2-1-3-7(8)9;11-8-5-1-3-7-4-2-6-9(12)10(7)8;2*11-10-7-3-5-8-4-1-2-6-9(8)10;10-7-3-1-2-6-4-5-8(11)9(6)7;10-8-3-1-2-7-6(8)4-5-9-7/h3*1-9,15H;1-2,4-8,14H,3H2;2*1-6,12H;1-6,11-12H;3,5,7,11H,1-2,4,6H2;1-7,11H;1-3,10H,4-5H2;1-5,9-10H/p-11. The Balaban J connectivity index is 0.000000110. The van der Waals surface area contributed by atoms with E-state index in [1.807, 2.05) is 237 Å². The van der Waals surface area contributed by atoms with Crippen molar-refractivity contribution >= 4 is 173 Å². The number of allylic oxidation sites excluding steroid dienone is 1. The van der Waals surface area contributed by atoms with E-state index in [2.05, 4.69) is 85.4 Å². The van der Waals surface area contributed by atoms with Crippen LogP contribution in [0.4, 0.5) is 0 Å². The zero-order valence-electron chi connectivity index (χ0n) is 74.5. The molecule has 26 rings (SSSR count). The minimum Gasteiger partial charge on any atom is -0.872 e. The van der Waals surface area contributed by atoms with Crippen molar-refractivity contribution in [3.05, 3.63) is 461 Å². The lowest BCUT2D eigenvalue weighted by molar-refractivity contribution is -0.270. The number of aromatic hydroxyl groups is 1.